The topological polar surface area (TPSA) is 42.0 Å². The first-order valence-corrected chi connectivity index (χ1v) is 6.36. The molecule has 0 spiro atoms. The Balaban J connectivity index is 2.33. The normalized spacial score (nSPS) is 11.8. The molecule has 4 heteroatoms. The van der Waals surface area contributed by atoms with E-state index in [-0.39, 0.29) is 11.4 Å². The molecule has 0 radical (unpaired) electrons. The first-order chi connectivity index (χ1) is 7.85. The van der Waals surface area contributed by atoms with Gasteiger partial charge in [-0.3, -0.25) is 4.79 Å². The second kappa shape index (κ2) is 4.11. The summed E-state index contributed by atoms with van der Waals surface area (Å²) in [6, 6.07) is 5.63. The fraction of sp³-hybridized carbons (Fsp3) is 0.385. The van der Waals surface area contributed by atoms with Crippen LogP contribution in [0.25, 0.3) is 10.2 Å². The van der Waals surface area contributed by atoms with Crippen molar-refractivity contribution in [2.75, 3.05) is 0 Å². The third kappa shape index (κ3) is 2.82. The number of rotatable bonds is 1. The Bertz CT molecular complexity index is 566. The van der Waals surface area contributed by atoms with Crippen LogP contribution in [0.2, 0.25) is 0 Å². The molecule has 1 heterocycles. The van der Waals surface area contributed by atoms with Crippen molar-refractivity contribution < 1.29 is 4.79 Å². The number of fused-ring (bicyclic) bond motifs is 1. The van der Waals surface area contributed by atoms with Gasteiger partial charge in [-0.25, -0.2) is 4.98 Å². The Morgan fingerprint density at radius 2 is 2.06 bits per heavy atom. The number of nitrogens with zero attached hydrogens (tertiary/aromatic N) is 1. The summed E-state index contributed by atoms with van der Waals surface area (Å²) < 4.78 is 1.06. The molecule has 3 nitrogen and oxygen atoms in total. The van der Waals surface area contributed by atoms with Gasteiger partial charge in [0.25, 0.3) is 5.91 Å². The molecule has 17 heavy (non-hydrogen) atoms. The summed E-state index contributed by atoms with van der Waals surface area (Å²) in [5.41, 5.74) is 1.44. The molecule has 1 aromatic heterocycles. The van der Waals surface area contributed by atoms with Crippen molar-refractivity contribution in [2.45, 2.75) is 33.2 Å². The molecule has 0 atom stereocenters. The van der Waals surface area contributed by atoms with E-state index in [1.54, 1.807) is 11.3 Å². The minimum Gasteiger partial charge on any atom is -0.347 e. The summed E-state index contributed by atoms with van der Waals surface area (Å²) in [5, 5.41) is 3.97. The Kier molecular flexibility index (Phi) is 2.91. The fourth-order valence-corrected chi connectivity index (χ4v) is 2.46. The maximum Gasteiger partial charge on any atom is 0.251 e. The quantitative estimate of drug-likeness (QED) is 0.842. The van der Waals surface area contributed by atoms with Crippen molar-refractivity contribution in [3.8, 4) is 0 Å². The van der Waals surface area contributed by atoms with Gasteiger partial charge in [0.2, 0.25) is 0 Å². The molecular weight excluding hydrogens is 232 g/mol. The van der Waals surface area contributed by atoms with E-state index in [4.69, 9.17) is 0 Å². The third-order valence-electron chi connectivity index (χ3n) is 2.25. The average Bonchev–Trinajstić information content (AvgIpc) is 2.53. The number of thiazole rings is 1. The van der Waals surface area contributed by atoms with E-state index in [9.17, 15) is 4.79 Å². The summed E-state index contributed by atoms with van der Waals surface area (Å²) in [4.78, 5) is 16.4. The first kappa shape index (κ1) is 12.0. The van der Waals surface area contributed by atoms with Crippen LogP contribution in [-0.4, -0.2) is 16.4 Å². The number of aryl methyl sites for hydroxylation is 1. The number of carbonyl (C=O) groups is 1. The summed E-state index contributed by atoms with van der Waals surface area (Å²) >= 11 is 1.61. The van der Waals surface area contributed by atoms with Gasteiger partial charge in [0.05, 0.1) is 15.2 Å². The SMILES string of the molecule is Cc1nc2ccc(C(=O)NC(C)(C)C)cc2s1. The lowest BCUT2D eigenvalue weighted by Crippen LogP contribution is -2.40. The average molecular weight is 248 g/mol. The summed E-state index contributed by atoms with van der Waals surface area (Å²) in [6.45, 7) is 7.89. The summed E-state index contributed by atoms with van der Waals surface area (Å²) in [5.74, 6) is -0.0366. The highest BCUT2D eigenvalue weighted by Crippen LogP contribution is 2.22. The van der Waals surface area contributed by atoms with Gasteiger partial charge in [0.1, 0.15) is 0 Å². The van der Waals surface area contributed by atoms with Gasteiger partial charge in [0.15, 0.2) is 0 Å². The molecule has 0 saturated heterocycles. The molecule has 0 aliphatic rings. The van der Waals surface area contributed by atoms with Crippen LogP contribution < -0.4 is 5.32 Å². The highest BCUT2D eigenvalue weighted by molar-refractivity contribution is 7.18. The minimum absolute atomic E-state index is 0.0366. The van der Waals surface area contributed by atoms with Crippen LogP contribution in [0.15, 0.2) is 18.2 Å². The highest BCUT2D eigenvalue weighted by atomic mass is 32.1. The highest BCUT2D eigenvalue weighted by Gasteiger charge is 2.15. The Hall–Kier alpha value is -1.42. The van der Waals surface area contributed by atoms with E-state index in [2.05, 4.69) is 10.3 Å². The van der Waals surface area contributed by atoms with Crippen molar-refractivity contribution in [1.29, 1.82) is 0 Å². The van der Waals surface area contributed by atoms with Crippen molar-refractivity contribution >= 4 is 27.5 Å². The second-order valence-electron chi connectivity index (χ2n) is 5.12. The molecule has 90 valence electrons. The number of amides is 1. The second-order valence-corrected chi connectivity index (χ2v) is 6.35. The molecule has 0 unspecified atom stereocenters. The molecule has 0 aliphatic carbocycles. The number of benzene rings is 1. The van der Waals surface area contributed by atoms with E-state index >= 15 is 0 Å². The van der Waals surface area contributed by atoms with E-state index in [1.165, 1.54) is 0 Å². The maximum atomic E-state index is 12.0. The fourth-order valence-electron chi connectivity index (χ4n) is 1.59. The zero-order valence-electron chi connectivity index (χ0n) is 10.5. The molecule has 0 aliphatic heterocycles. The first-order valence-electron chi connectivity index (χ1n) is 5.55. The van der Waals surface area contributed by atoms with Crippen molar-refractivity contribution in [3.05, 3.63) is 28.8 Å². The van der Waals surface area contributed by atoms with Gasteiger partial charge in [-0.2, -0.15) is 0 Å². The van der Waals surface area contributed by atoms with E-state index < -0.39 is 0 Å². The van der Waals surface area contributed by atoms with Crippen LogP contribution in [-0.2, 0) is 0 Å². The molecular formula is C13H16N2OS. The van der Waals surface area contributed by atoms with Gasteiger partial charge in [0, 0.05) is 11.1 Å². The van der Waals surface area contributed by atoms with Gasteiger partial charge in [-0.05, 0) is 45.9 Å². The van der Waals surface area contributed by atoms with Crippen molar-refractivity contribution in [1.82, 2.24) is 10.3 Å². The monoisotopic (exact) mass is 248 g/mol. The van der Waals surface area contributed by atoms with E-state index in [0.717, 1.165) is 15.2 Å². The van der Waals surface area contributed by atoms with Crippen LogP contribution >= 0.6 is 11.3 Å². The Morgan fingerprint density at radius 3 is 2.71 bits per heavy atom. The maximum absolute atomic E-state index is 12.0. The number of nitrogens with one attached hydrogen (secondary N) is 1. The number of carbonyl (C=O) groups excluding carboxylic acids is 1. The lowest BCUT2D eigenvalue weighted by molar-refractivity contribution is 0.0919. The predicted octanol–water partition coefficient (Wildman–Crippen LogP) is 3.13. The lowest BCUT2D eigenvalue weighted by atomic mass is 10.1. The van der Waals surface area contributed by atoms with Crippen LogP contribution in [0, 0.1) is 6.92 Å². The summed E-state index contributed by atoms with van der Waals surface area (Å²) in [6.07, 6.45) is 0. The van der Waals surface area contributed by atoms with Gasteiger partial charge in [-0.15, -0.1) is 11.3 Å². The zero-order chi connectivity index (χ0) is 12.6. The largest absolute Gasteiger partial charge is 0.347 e. The van der Waals surface area contributed by atoms with Crippen LogP contribution in [0.3, 0.4) is 0 Å². The van der Waals surface area contributed by atoms with E-state index in [0.29, 0.717) is 5.56 Å². The minimum atomic E-state index is -0.213. The molecule has 1 N–H and O–H groups in total. The van der Waals surface area contributed by atoms with Crippen LogP contribution in [0.4, 0.5) is 0 Å². The molecule has 1 amide bonds. The third-order valence-corrected chi connectivity index (χ3v) is 3.18. The van der Waals surface area contributed by atoms with Gasteiger partial charge >= 0.3 is 0 Å². The molecule has 0 fully saturated rings. The van der Waals surface area contributed by atoms with Crippen LogP contribution in [0.1, 0.15) is 36.1 Å². The number of hydrogen-bond acceptors (Lipinski definition) is 3. The molecule has 0 bridgehead atoms. The summed E-state index contributed by atoms with van der Waals surface area (Å²) in [7, 11) is 0. The molecule has 2 rings (SSSR count). The van der Waals surface area contributed by atoms with Gasteiger partial charge < -0.3 is 5.32 Å². The molecule has 2 aromatic rings. The van der Waals surface area contributed by atoms with E-state index in [1.807, 2.05) is 45.9 Å². The van der Waals surface area contributed by atoms with Crippen LogP contribution in [0.5, 0.6) is 0 Å². The van der Waals surface area contributed by atoms with Crippen molar-refractivity contribution in [3.63, 3.8) is 0 Å². The molecule has 1 aromatic carbocycles. The number of hydrogen-bond donors (Lipinski definition) is 1. The Labute approximate surface area is 105 Å². The lowest BCUT2D eigenvalue weighted by Gasteiger charge is -2.20. The zero-order valence-corrected chi connectivity index (χ0v) is 11.3. The standard InChI is InChI=1S/C13H16N2OS/c1-8-14-10-6-5-9(7-11(10)17-8)12(16)15-13(2,3)4/h5-7H,1-4H3,(H,15,16). The van der Waals surface area contributed by atoms with Crippen molar-refractivity contribution in [2.24, 2.45) is 0 Å². The smallest absolute Gasteiger partial charge is 0.251 e. The molecule has 0 saturated carbocycles. The predicted molar refractivity (Wildman–Crippen MR) is 71.6 cm³/mol. The van der Waals surface area contributed by atoms with Gasteiger partial charge in [-0.1, -0.05) is 0 Å². The number of aromatic nitrogens is 1. The Morgan fingerprint density at radius 1 is 1.35 bits per heavy atom.